The van der Waals surface area contributed by atoms with Crippen molar-refractivity contribution in [2.45, 2.75) is 19.4 Å². The second-order valence-corrected chi connectivity index (χ2v) is 5.13. The highest BCUT2D eigenvalue weighted by Crippen LogP contribution is 2.09. The molecule has 0 aliphatic heterocycles. The minimum Gasteiger partial charge on any atom is -0.350 e. The number of benzene rings is 2. The summed E-state index contributed by atoms with van der Waals surface area (Å²) in [6.45, 7) is 1.97. The Morgan fingerprint density at radius 1 is 1.18 bits per heavy atom. The van der Waals surface area contributed by atoms with Crippen molar-refractivity contribution >= 4 is 12.0 Å². The molecule has 2 aromatic carbocycles. The minimum absolute atomic E-state index is 0.0470. The van der Waals surface area contributed by atoms with Crippen molar-refractivity contribution in [2.75, 3.05) is 0 Å². The van der Waals surface area contributed by atoms with Gasteiger partial charge in [-0.15, -0.1) is 0 Å². The Labute approximate surface area is 130 Å². The molecule has 1 N–H and O–H groups in total. The molecule has 0 radical (unpaired) electrons. The molecule has 1 atom stereocenters. The number of carbonyl (C=O) groups excluding carboxylic acids is 1. The summed E-state index contributed by atoms with van der Waals surface area (Å²) in [6, 6.07) is 19.4. The number of nitriles is 1. The van der Waals surface area contributed by atoms with Gasteiger partial charge in [-0.1, -0.05) is 48.5 Å². The Morgan fingerprint density at radius 2 is 1.86 bits per heavy atom. The fourth-order valence-electron chi connectivity index (χ4n) is 2.22. The molecule has 2 aromatic rings. The van der Waals surface area contributed by atoms with Crippen LogP contribution in [0, 0.1) is 11.3 Å². The molecule has 0 aliphatic carbocycles. The van der Waals surface area contributed by atoms with Crippen LogP contribution < -0.4 is 5.32 Å². The van der Waals surface area contributed by atoms with Crippen molar-refractivity contribution in [1.29, 1.82) is 5.26 Å². The molecule has 3 heteroatoms. The van der Waals surface area contributed by atoms with E-state index in [0.29, 0.717) is 5.56 Å². The quantitative estimate of drug-likeness (QED) is 0.859. The topological polar surface area (TPSA) is 52.9 Å². The van der Waals surface area contributed by atoms with Gasteiger partial charge in [0.25, 0.3) is 0 Å². The first-order valence-electron chi connectivity index (χ1n) is 7.20. The molecule has 0 aromatic heterocycles. The van der Waals surface area contributed by atoms with Gasteiger partial charge in [0, 0.05) is 12.1 Å². The van der Waals surface area contributed by atoms with Crippen LogP contribution in [0.5, 0.6) is 0 Å². The second-order valence-electron chi connectivity index (χ2n) is 5.13. The lowest BCUT2D eigenvalue weighted by molar-refractivity contribution is -0.117. The molecule has 1 amide bonds. The van der Waals surface area contributed by atoms with E-state index in [9.17, 15) is 4.79 Å². The summed E-state index contributed by atoms with van der Waals surface area (Å²) < 4.78 is 0. The summed E-state index contributed by atoms with van der Waals surface area (Å²) in [7, 11) is 0. The van der Waals surface area contributed by atoms with Crippen molar-refractivity contribution in [3.05, 3.63) is 77.4 Å². The summed E-state index contributed by atoms with van der Waals surface area (Å²) in [5.74, 6) is -0.156. The van der Waals surface area contributed by atoms with Crippen molar-refractivity contribution in [3.63, 3.8) is 0 Å². The third-order valence-corrected chi connectivity index (χ3v) is 3.27. The molecule has 22 heavy (non-hydrogen) atoms. The maximum absolute atomic E-state index is 11.9. The van der Waals surface area contributed by atoms with E-state index in [2.05, 4.69) is 11.4 Å². The van der Waals surface area contributed by atoms with E-state index >= 15 is 0 Å². The summed E-state index contributed by atoms with van der Waals surface area (Å²) in [5.41, 5.74) is 2.49. The first-order valence-corrected chi connectivity index (χ1v) is 7.20. The second kappa shape index (κ2) is 7.80. The van der Waals surface area contributed by atoms with Crippen LogP contribution in [0.4, 0.5) is 0 Å². The minimum atomic E-state index is -0.156. The number of rotatable bonds is 5. The largest absolute Gasteiger partial charge is 0.350 e. The standard InChI is InChI=1S/C19H18N2O/c1-15(13-16-7-3-2-4-8-16)21-19(22)12-11-17-9-5-6-10-18(17)14-20/h2-12,15H,13H2,1H3,(H,21,22). The van der Waals surface area contributed by atoms with Crippen LogP contribution in [-0.2, 0) is 11.2 Å². The van der Waals surface area contributed by atoms with Gasteiger partial charge in [0.1, 0.15) is 0 Å². The molecule has 110 valence electrons. The van der Waals surface area contributed by atoms with Crippen LogP contribution in [-0.4, -0.2) is 11.9 Å². The molecule has 0 bridgehead atoms. The van der Waals surface area contributed by atoms with E-state index < -0.39 is 0 Å². The zero-order chi connectivity index (χ0) is 15.8. The van der Waals surface area contributed by atoms with Crippen LogP contribution in [0.15, 0.2) is 60.7 Å². The average molecular weight is 290 g/mol. The molecule has 3 nitrogen and oxygen atoms in total. The van der Waals surface area contributed by atoms with E-state index in [-0.39, 0.29) is 11.9 Å². The van der Waals surface area contributed by atoms with Gasteiger partial charge in [-0.25, -0.2) is 0 Å². The van der Waals surface area contributed by atoms with Crippen molar-refractivity contribution in [3.8, 4) is 6.07 Å². The number of hydrogen-bond acceptors (Lipinski definition) is 2. The first kappa shape index (κ1) is 15.5. The third kappa shape index (κ3) is 4.60. The van der Waals surface area contributed by atoms with Crippen LogP contribution in [0.3, 0.4) is 0 Å². The molecule has 2 rings (SSSR count). The zero-order valence-corrected chi connectivity index (χ0v) is 12.5. The van der Waals surface area contributed by atoms with Gasteiger partial charge in [-0.05, 0) is 36.6 Å². The maximum atomic E-state index is 11.9. The predicted molar refractivity (Wildman–Crippen MR) is 87.9 cm³/mol. The van der Waals surface area contributed by atoms with Gasteiger partial charge in [0.15, 0.2) is 0 Å². The van der Waals surface area contributed by atoms with Crippen LogP contribution in [0.2, 0.25) is 0 Å². The lowest BCUT2D eigenvalue weighted by Crippen LogP contribution is -2.32. The molecule has 0 spiro atoms. The molecule has 0 aliphatic rings. The summed E-state index contributed by atoms with van der Waals surface area (Å²) in [6.07, 6.45) is 3.93. The monoisotopic (exact) mass is 290 g/mol. The highest BCUT2D eigenvalue weighted by Gasteiger charge is 2.06. The Hall–Kier alpha value is -2.86. The van der Waals surface area contributed by atoms with Crippen molar-refractivity contribution < 1.29 is 4.79 Å². The van der Waals surface area contributed by atoms with Gasteiger partial charge in [-0.3, -0.25) is 4.79 Å². The summed E-state index contributed by atoms with van der Waals surface area (Å²) in [4.78, 5) is 11.9. The zero-order valence-electron chi connectivity index (χ0n) is 12.5. The van der Waals surface area contributed by atoms with Gasteiger partial charge in [-0.2, -0.15) is 5.26 Å². The van der Waals surface area contributed by atoms with E-state index in [1.165, 1.54) is 11.6 Å². The number of amides is 1. The SMILES string of the molecule is CC(Cc1ccccc1)NC(=O)C=Cc1ccccc1C#N. The number of carbonyl (C=O) groups is 1. The molecular formula is C19H18N2O. The van der Waals surface area contributed by atoms with Gasteiger partial charge >= 0.3 is 0 Å². The Bertz CT molecular complexity index is 699. The fraction of sp³-hybridized carbons (Fsp3) is 0.158. The molecule has 0 saturated carbocycles. The Kier molecular flexibility index (Phi) is 5.50. The van der Waals surface area contributed by atoms with E-state index in [4.69, 9.17) is 5.26 Å². The smallest absolute Gasteiger partial charge is 0.244 e. The molecule has 0 heterocycles. The van der Waals surface area contributed by atoms with E-state index in [0.717, 1.165) is 12.0 Å². The molecular weight excluding hydrogens is 272 g/mol. The average Bonchev–Trinajstić information content (AvgIpc) is 2.54. The van der Waals surface area contributed by atoms with Crippen LogP contribution in [0.25, 0.3) is 6.08 Å². The normalized spacial score (nSPS) is 11.8. The lowest BCUT2D eigenvalue weighted by Gasteiger charge is -2.12. The van der Waals surface area contributed by atoms with Gasteiger partial charge in [0.05, 0.1) is 11.6 Å². The predicted octanol–water partition coefficient (Wildman–Crippen LogP) is 3.32. The summed E-state index contributed by atoms with van der Waals surface area (Å²) in [5, 5.41) is 11.9. The molecule has 0 saturated heterocycles. The summed E-state index contributed by atoms with van der Waals surface area (Å²) >= 11 is 0. The number of nitrogens with one attached hydrogen (secondary N) is 1. The molecule has 0 fully saturated rings. The van der Waals surface area contributed by atoms with Crippen LogP contribution in [0.1, 0.15) is 23.6 Å². The highest BCUT2D eigenvalue weighted by atomic mass is 16.1. The highest BCUT2D eigenvalue weighted by molar-refractivity contribution is 5.92. The van der Waals surface area contributed by atoms with E-state index in [1.807, 2.05) is 49.4 Å². The first-order chi connectivity index (χ1) is 10.7. The Balaban J connectivity index is 1.92. The van der Waals surface area contributed by atoms with E-state index in [1.54, 1.807) is 18.2 Å². The lowest BCUT2D eigenvalue weighted by atomic mass is 10.1. The van der Waals surface area contributed by atoms with Crippen molar-refractivity contribution in [1.82, 2.24) is 5.32 Å². The van der Waals surface area contributed by atoms with Gasteiger partial charge in [0.2, 0.25) is 5.91 Å². The third-order valence-electron chi connectivity index (χ3n) is 3.27. The Morgan fingerprint density at radius 3 is 2.59 bits per heavy atom. The maximum Gasteiger partial charge on any atom is 0.244 e. The number of nitrogens with zero attached hydrogens (tertiary/aromatic N) is 1. The fourth-order valence-corrected chi connectivity index (χ4v) is 2.22. The van der Waals surface area contributed by atoms with Crippen molar-refractivity contribution in [2.24, 2.45) is 0 Å². The molecule has 1 unspecified atom stereocenters. The number of hydrogen-bond donors (Lipinski definition) is 1. The van der Waals surface area contributed by atoms with Crippen LogP contribution >= 0.6 is 0 Å². The van der Waals surface area contributed by atoms with Gasteiger partial charge < -0.3 is 5.32 Å².